The van der Waals surface area contributed by atoms with Crippen molar-refractivity contribution in [3.8, 4) is 5.88 Å². The van der Waals surface area contributed by atoms with Crippen molar-refractivity contribution in [3.05, 3.63) is 59.3 Å². The number of hydrogen-bond acceptors (Lipinski definition) is 5. The van der Waals surface area contributed by atoms with Crippen LogP contribution in [-0.2, 0) is 16.1 Å². The second kappa shape index (κ2) is 12.7. The molecule has 2 heterocycles. The summed E-state index contributed by atoms with van der Waals surface area (Å²) in [4.78, 5) is 33.4. The van der Waals surface area contributed by atoms with Crippen molar-refractivity contribution in [1.82, 2.24) is 15.2 Å². The highest BCUT2D eigenvalue weighted by Crippen LogP contribution is 2.50. The number of benzene rings is 1. The maximum Gasteiger partial charge on any atom is 0.391 e. The number of likely N-dealkylation sites (tertiary alicyclic amines) is 1. The molecule has 2 N–H and O–H groups in total. The summed E-state index contributed by atoms with van der Waals surface area (Å²) in [5.74, 6) is -3.75. The van der Waals surface area contributed by atoms with Gasteiger partial charge in [-0.2, -0.15) is 13.2 Å². The van der Waals surface area contributed by atoms with Crippen LogP contribution in [0.4, 0.5) is 13.2 Å². The fourth-order valence-corrected chi connectivity index (χ4v) is 7.67. The lowest BCUT2D eigenvalue weighted by Crippen LogP contribution is -2.50. The molecule has 0 spiro atoms. The third kappa shape index (κ3) is 6.46. The van der Waals surface area contributed by atoms with Crippen LogP contribution in [0.5, 0.6) is 5.88 Å². The number of nitrogens with zero attached hydrogens (tertiary/aromatic N) is 2. The molecule has 0 radical (unpaired) electrons. The number of halogens is 3. The number of carbonyl (C=O) groups is 2. The van der Waals surface area contributed by atoms with Crippen molar-refractivity contribution in [3.63, 3.8) is 0 Å². The fourth-order valence-electron chi connectivity index (χ4n) is 7.67. The highest BCUT2D eigenvalue weighted by Gasteiger charge is 2.59. The summed E-state index contributed by atoms with van der Waals surface area (Å²) in [5.41, 5.74) is 2.16. The zero-order chi connectivity index (χ0) is 31.8. The molecule has 7 nitrogen and oxygen atoms in total. The van der Waals surface area contributed by atoms with Gasteiger partial charge in [0.25, 0.3) is 0 Å². The Kier molecular flexibility index (Phi) is 9.31. The minimum absolute atomic E-state index is 0.0116. The van der Waals surface area contributed by atoms with E-state index in [2.05, 4.69) is 16.4 Å². The first-order valence-electron chi connectivity index (χ1n) is 15.7. The van der Waals surface area contributed by atoms with Gasteiger partial charge >= 0.3 is 12.1 Å². The number of aromatic nitrogens is 1. The highest BCUT2D eigenvalue weighted by molar-refractivity contribution is 5.87. The molecule has 1 aromatic heterocycles. The number of methoxy groups -OCH3 is 1. The van der Waals surface area contributed by atoms with Gasteiger partial charge in [-0.3, -0.25) is 4.79 Å². The van der Waals surface area contributed by atoms with Crippen molar-refractivity contribution in [2.45, 2.75) is 102 Å². The largest absolute Gasteiger partial charge is 0.481 e. The van der Waals surface area contributed by atoms with E-state index in [9.17, 15) is 27.9 Å². The molecule has 6 atom stereocenters. The molecule has 3 fully saturated rings. The Labute approximate surface area is 257 Å². The molecule has 5 rings (SSSR count). The minimum Gasteiger partial charge on any atom is -0.481 e. The molecular weight excluding hydrogens is 571 g/mol. The Morgan fingerprint density at radius 1 is 1.05 bits per heavy atom. The van der Waals surface area contributed by atoms with E-state index >= 15 is 0 Å². The van der Waals surface area contributed by atoms with Crippen LogP contribution < -0.4 is 10.1 Å². The monoisotopic (exact) mass is 615 g/mol. The van der Waals surface area contributed by atoms with Crippen LogP contribution in [-0.4, -0.2) is 52.2 Å². The number of alkyl halides is 3. The average molecular weight is 616 g/mol. The van der Waals surface area contributed by atoms with E-state index in [1.807, 2.05) is 57.3 Å². The van der Waals surface area contributed by atoms with Gasteiger partial charge in [0.05, 0.1) is 19.1 Å². The second-order valence-corrected chi connectivity index (χ2v) is 13.8. The molecule has 1 aromatic carbocycles. The summed E-state index contributed by atoms with van der Waals surface area (Å²) in [5, 5.41) is 14.3. The Balaban J connectivity index is 1.55. The van der Waals surface area contributed by atoms with Crippen LogP contribution >= 0.6 is 0 Å². The molecule has 1 aliphatic heterocycles. The van der Waals surface area contributed by atoms with Crippen LogP contribution in [0.15, 0.2) is 42.6 Å². The number of ether oxygens (including phenoxy) is 1. The molecular formula is C34H44F3N3O4. The lowest BCUT2D eigenvalue weighted by atomic mass is 9.72. The predicted octanol–water partition coefficient (Wildman–Crippen LogP) is 6.88. The molecule has 2 saturated carbocycles. The van der Waals surface area contributed by atoms with E-state index in [-0.39, 0.29) is 19.3 Å². The molecule has 2 aliphatic carbocycles. The second-order valence-electron chi connectivity index (χ2n) is 13.8. The maximum absolute atomic E-state index is 14.4. The molecule has 10 heteroatoms. The first-order valence-corrected chi connectivity index (χ1v) is 15.7. The zero-order valence-corrected chi connectivity index (χ0v) is 25.9. The van der Waals surface area contributed by atoms with Crippen LogP contribution in [0.2, 0.25) is 0 Å². The number of carboxylic acids is 1. The van der Waals surface area contributed by atoms with Gasteiger partial charge in [-0.25, -0.2) is 9.78 Å². The number of hydrogen-bond donors (Lipinski definition) is 2. The summed E-state index contributed by atoms with van der Waals surface area (Å²) >= 11 is 0. The molecule has 44 heavy (non-hydrogen) atoms. The number of pyridine rings is 1. The number of aliphatic carboxylic acids is 1. The third-order valence-corrected chi connectivity index (χ3v) is 10.0. The lowest BCUT2D eigenvalue weighted by molar-refractivity contribution is -0.188. The molecule has 3 aliphatic rings. The maximum atomic E-state index is 14.4. The fraction of sp³-hybridized carbons (Fsp3) is 0.618. The van der Waals surface area contributed by atoms with Gasteiger partial charge in [0.15, 0.2) is 0 Å². The van der Waals surface area contributed by atoms with Gasteiger partial charge in [0.2, 0.25) is 11.8 Å². The Hall–Kier alpha value is -3.14. The van der Waals surface area contributed by atoms with Gasteiger partial charge in [-0.15, -0.1) is 0 Å². The number of rotatable bonds is 8. The van der Waals surface area contributed by atoms with Crippen LogP contribution in [0.3, 0.4) is 0 Å². The topological polar surface area (TPSA) is 91.8 Å². The van der Waals surface area contributed by atoms with Crippen molar-refractivity contribution < 1.29 is 32.6 Å². The normalized spacial score (nSPS) is 28.0. The van der Waals surface area contributed by atoms with Crippen molar-refractivity contribution in [1.29, 1.82) is 0 Å². The summed E-state index contributed by atoms with van der Waals surface area (Å²) in [6.45, 7) is 6.19. The predicted molar refractivity (Wildman–Crippen MR) is 160 cm³/mol. The van der Waals surface area contributed by atoms with Crippen LogP contribution in [0, 0.1) is 23.2 Å². The van der Waals surface area contributed by atoms with E-state index in [0.29, 0.717) is 24.8 Å². The average Bonchev–Trinajstić information content (AvgIpc) is 3.31. The quantitative estimate of drug-likeness (QED) is 0.336. The van der Waals surface area contributed by atoms with Gasteiger partial charge in [0.1, 0.15) is 6.04 Å². The Morgan fingerprint density at radius 3 is 2.30 bits per heavy atom. The minimum atomic E-state index is -4.39. The number of nitrogens with one attached hydrogen (secondary N) is 1. The van der Waals surface area contributed by atoms with Crippen molar-refractivity contribution in [2.24, 2.45) is 23.2 Å². The van der Waals surface area contributed by atoms with E-state index in [0.717, 1.165) is 29.5 Å². The third-order valence-electron chi connectivity index (χ3n) is 10.0. The lowest BCUT2D eigenvalue weighted by Gasteiger charge is -2.37. The summed E-state index contributed by atoms with van der Waals surface area (Å²) in [6, 6.07) is 8.91. The van der Waals surface area contributed by atoms with E-state index in [4.69, 9.17) is 4.74 Å². The van der Waals surface area contributed by atoms with Gasteiger partial charge in [-0.05, 0) is 60.6 Å². The summed E-state index contributed by atoms with van der Waals surface area (Å²) in [7, 11) is 1.56. The zero-order valence-electron chi connectivity index (χ0n) is 25.9. The molecule has 2 aromatic rings. The van der Waals surface area contributed by atoms with E-state index in [1.165, 1.54) is 11.3 Å². The van der Waals surface area contributed by atoms with Gasteiger partial charge in [-0.1, -0.05) is 63.9 Å². The van der Waals surface area contributed by atoms with Gasteiger partial charge in [0, 0.05) is 36.2 Å². The number of amides is 1. The Bertz CT molecular complexity index is 1330. The summed E-state index contributed by atoms with van der Waals surface area (Å²) in [6.07, 6.45) is 1.12. The van der Waals surface area contributed by atoms with E-state index < -0.39 is 59.3 Å². The summed E-state index contributed by atoms with van der Waals surface area (Å²) < 4.78 is 46.9. The molecule has 240 valence electrons. The molecule has 1 amide bonds. The SMILES string of the molecule is COc1ncc(C2CCC2)cc1CN[C@H]1[C@H](C(C)(C)C)[C@@H](C(=O)O)N(C(=O)[C@@H]2CCC[C@H](C(F)(F)F)C2)[C@H]1c1ccccc1. The smallest absolute Gasteiger partial charge is 0.391 e. The first-order chi connectivity index (χ1) is 20.8. The van der Waals surface area contributed by atoms with Crippen molar-refractivity contribution in [2.75, 3.05) is 7.11 Å². The van der Waals surface area contributed by atoms with Crippen LogP contribution in [0.1, 0.15) is 94.4 Å². The highest BCUT2D eigenvalue weighted by atomic mass is 19.4. The number of carbonyl (C=O) groups excluding carboxylic acids is 1. The molecule has 0 bridgehead atoms. The molecule has 0 unspecified atom stereocenters. The number of carboxylic acid groups (broad SMARTS) is 1. The Morgan fingerprint density at radius 2 is 1.73 bits per heavy atom. The van der Waals surface area contributed by atoms with Crippen molar-refractivity contribution >= 4 is 11.9 Å². The standard InChI is InChI=1S/C34H44F3N3O4/c1-33(2,3)26-27(38-19-24-16-23(20-12-8-13-20)18-39-30(24)44-4)28(21-10-6-5-7-11-21)40(29(26)32(42)43)31(41)22-14-9-15-25(17-22)34(35,36)37/h5-7,10-11,16,18,20,22,25-29,38H,8-9,12-15,17,19H2,1-4H3,(H,42,43)/t22-,25+,26+,27+,28+,29+/m1/s1. The first kappa shape index (κ1) is 32.3. The van der Waals surface area contributed by atoms with Crippen LogP contribution in [0.25, 0.3) is 0 Å². The van der Waals surface area contributed by atoms with E-state index in [1.54, 1.807) is 7.11 Å². The molecule has 1 saturated heterocycles. The van der Waals surface area contributed by atoms with Gasteiger partial charge < -0.3 is 20.1 Å².